The van der Waals surface area contributed by atoms with E-state index >= 15 is 0 Å². The number of hydrogen-bond donors (Lipinski definition) is 1. The molecule has 1 atom stereocenters. The van der Waals surface area contributed by atoms with Gasteiger partial charge in [-0.15, -0.1) is 11.3 Å². The fourth-order valence-corrected chi connectivity index (χ4v) is 4.40. The average Bonchev–Trinajstić information content (AvgIpc) is 3.30. The number of hydrogen-bond acceptors (Lipinski definition) is 7. The van der Waals surface area contributed by atoms with Crippen molar-refractivity contribution in [3.8, 4) is 11.1 Å². The predicted molar refractivity (Wildman–Crippen MR) is 112 cm³/mol. The second kappa shape index (κ2) is 7.41. The smallest absolute Gasteiger partial charge is 0.310 e. The van der Waals surface area contributed by atoms with Crippen molar-refractivity contribution in [2.75, 3.05) is 5.43 Å². The summed E-state index contributed by atoms with van der Waals surface area (Å²) in [5, 5.41) is 1.77. The maximum atomic E-state index is 14.0. The van der Waals surface area contributed by atoms with Crippen molar-refractivity contribution in [1.82, 2.24) is 29.0 Å². The first kappa shape index (κ1) is 20.1. The molecule has 0 bridgehead atoms. The third-order valence-corrected chi connectivity index (χ3v) is 5.87. The van der Waals surface area contributed by atoms with Crippen molar-refractivity contribution in [3.63, 3.8) is 0 Å². The summed E-state index contributed by atoms with van der Waals surface area (Å²) in [6.07, 6.45) is 1.71. The van der Waals surface area contributed by atoms with Crippen LogP contribution >= 0.6 is 11.3 Å². The fraction of sp³-hybridized carbons (Fsp3) is 0.150. The average molecular weight is 457 g/mol. The summed E-state index contributed by atoms with van der Waals surface area (Å²) in [7, 11) is 0. The maximum Gasteiger partial charge on any atom is 0.310 e. The molecule has 0 fully saturated rings. The first-order valence-corrected chi connectivity index (χ1v) is 10.3. The number of halogens is 3. The van der Waals surface area contributed by atoms with Crippen LogP contribution in [0.3, 0.4) is 0 Å². The van der Waals surface area contributed by atoms with E-state index in [9.17, 15) is 18.0 Å². The third-order valence-electron chi connectivity index (χ3n) is 4.92. The molecular weight excluding hydrogens is 443 g/mol. The Kier molecular flexibility index (Phi) is 4.66. The Hall–Kier alpha value is -3.80. The molecule has 5 aromatic rings. The third kappa shape index (κ3) is 3.28. The second-order valence-corrected chi connectivity index (χ2v) is 7.98. The van der Waals surface area contributed by atoms with Crippen LogP contribution in [0.4, 0.5) is 13.2 Å². The number of nitrogens with one attached hydrogen (secondary N) is 1. The van der Waals surface area contributed by atoms with Crippen LogP contribution in [-0.4, -0.2) is 29.0 Å². The molecule has 1 N–H and O–H groups in total. The van der Waals surface area contributed by atoms with E-state index < -0.39 is 29.3 Å². The largest absolute Gasteiger partial charge is 0.314 e. The Bertz CT molecular complexity index is 1540. The van der Waals surface area contributed by atoms with E-state index in [0.29, 0.717) is 16.2 Å². The molecule has 0 aliphatic heterocycles. The lowest BCUT2D eigenvalue weighted by Crippen LogP contribution is -2.25. The summed E-state index contributed by atoms with van der Waals surface area (Å²) in [5.41, 5.74) is 4.17. The van der Waals surface area contributed by atoms with Gasteiger partial charge in [0, 0.05) is 17.1 Å². The van der Waals surface area contributed by atoms with Gasteiger partial charge < -0.3 is 5.43 Å². The maximum absolute atomic E-state index is 14.0. The first-order valence-electron chi connectivity index (χ1n) is 9.41. The van der Waals surface area contributed by atoms with Gasteiger partial charge in [-0.25, -0.2) is 28.4 Å². The monoisotopic (exact) mass is 457 g/mol. The molecule has 1 unspecified atom stereocenters. The number of benzene rings is 1. The quantitative estimate of drug-likeness (QED) is 0.415. The van der Waals surface area contributed by atoms with Crippen molar-refractivity contribution in [2.24, 2.45) is 0 Å². The molecule has 0 radical (unpaired) electrons. The van der Waals surface area contributed by atoms with E-state index in [1.807, 2.05) is 0 Å². The first-order chi connectivity index (χ1) is 15.3. The fourth-order valence-electron chi connectivity index (χ4n) is 3.53. The van der Waals surface area contributed by atoms with Crippen molar-refractivity contribution >= 4 is 27.5 Å². The zero-order valence-electron chi connectivity index (χ0n) is 16.7. The van der Waals surface area contributed by atoms with Crippen LogP contribution in [0.5, 0.6) is 0 Å². The van der Waals surface area contributed by atoms with Crippen LogP contribution in [0, 0.1) is 24.6 Å². The zero-order valence-corrected chi connectivity index (χ0v) is 17.5. The summed E-state index contributed by atoms with van der Waals surface area (Å²) in [5.74, 6) is -1.63. The Labute approximate surface area is 182 Å². The van der Waals surface area contributed by atoms with Crippen LogP contribution < -0.4 is 11.0 Å². The van der Waals surface area contributed by atoms with Crippen LogP contribution in [0.25, 0.3) is 27.3 Å². The highest BCUT2D eigenvalue weighted by molar-refractivity contribution is 7.15. The number of aryl methyl sites for hydroxylation is 1. The molecule has 4 aromatic heterocycles. The minimum atomic E-state index is -0.920. The van der Waals surface area contributed by atoms with Gasteiger partial charge in [-0.2, -0.15) is 9.37 Å². The van der Waals surface area contributed by atoms with Crippen molar-refractivity contribution in [2.45, 2.75) is 19.9 Å². The predicted octanol–water partition coefficient (Wildman–Crippen LogP) is 3.59. The summed E-state index contributed by atoms with van der Waals surface area (Å²) >= 11 is 1.27. The highest BCUT2D eigenvalue weighted by Gasteiger charge is 2.23. The standard InChI is InChI=1S/C20H14F3N7OS/c1-9-7-32-20-26-16(10(2)28-29-8-25-14-6-24-19(23)27-17(14)29)15(18(31)30(9)20)11-3-12(21)5-13(22)4-11/h3-8,10,28H,1-2H3. The van der Waals surface area contributed by atoms with E-state index in [1.54, 1.807) is 19.2 Å². The second-order valence-electron chi connectivity index (χ2n) is 7.14. The highest BCUT2D eigenvalue weighted by Crippen LogP contribution is 2.28. The Morgan fingerprint density at radius 3 is 2.59 bits per heavy atom. The highest BCUT2D eigenvalue weighted by atomic mass is 32.1. The molecule has 0 spiro atoms. The Morgan fingerprint density at radius 2 is 1.84 bits per heavy atom. The molecule has 0 aliphatic rings. The normalized spacial score (nSPS) is 12.5. The number of aromatic nitrogens is 6. The van der Waals surface area contributed by atoms with Gasteiger partial charge in [0.2, 0.25) is 0 Å². The van der Waals surface area contributed by atoms with Gasteiger partial charge in [-0.05, 0) is 31.5 Å². The van der Waals surface area contributed by atoms with E-state index in [2.05, 4.69) is 25.4 Å². The van der Waals surface area contributed by atoms with Crippen LogP contribution in [0.1, 0.15) is 24.4 Å². The zero-order chi connectivity index (χ0) is 22.6. The Morgan fingerprint density at radius 1 is 1.09 bits per heavy atom. The van der Waals surface area contributed by atoms with E-state index in [-0.39, 0.29) is 22.5 Å². The van der Waals surface area contributed by atoms with Gasteiger partial charge in [0.05, 0.1) is 23.5 Å². The SMILES string of the molecule is Cc1csc2nc(C(C)Nn3cnc4cnc(F)nc43)c(-c3cc(F)cc(F)c3)c(=O)n12. The molecule has 1 aromatic carbocycles. The molecule has 0 saturated heterocycles. The lowest BCUT2D eigenvalue weighted by Gasteiger charge is -2.19. The molecule has 0 saturated carbocycles. The van der Waals surface area contributed by atoms with Gasteiger partial charge >= 0.3 is 6.08 Å². The van der Waals surface area contributed by atoms with E-state index in [1.165, 1.54) is 32.9 Å². The van der Waals surface area contributed by atoms with Crippen LogP contribution in [0.15, 0.2) is 40.9 Å². The van der Waals surface area contributed by atoms with Crippen molar-refractivity contribution in [1.29, 1.82) is 0 Å². The summed E-state index contributed by atoms with van der Waals surface area (Å²) in [4.78, 5) is 29.7. The summed E-state index contributed by atoms with van der Waals surface area (Å²) < 4.78 is 44.3. The van der Waals surface area contributed by atoms with Crippen molar-refractivity contribution < 1.29 is 13.2 Å². The number of fused-ring (bicyclic) bond motifs is 2. The molecule has 8 nitrogen and oxygen atoms in total. The topological polar surface area (TPSA) is 90.0 Å². The number of thiazole rings is 1. The molecule has 4 heterocycles. The number of imidazole rings is 1. The molecule has 32 heavy (non-hydrogen) atoms. The Balaban J connectivity index is 1.70. The molecular formula is C20H14F3N7OS. The summed E-state index contributed by atoms with van der Waals surface area (Å²) in [6.45, 7) is 3.46. The summed E-state index contributed by atoms with van der Waals surface area (Å²) in [6, 6.07) is 2.25. The van der Waals surface area contributed by atoms with E-state index in [0.717, 1.165) is 18.2 Å². The van der Waals surface area contributed by atoms with E-state index in [4.69, 9.17) is 0 Å². The van der Waals surface area contributed by atoms with Crippen LogP contribution in [0.2, 0.25) is 0 Å². The molecule has 12 heteroatoms. The van der Waals surface area contributed by atoms with Crippen molar-refractivity contribution in [3.05, 3.63) is 75.6 Å². The lowest BCUT2D eigenvalue weighted by atomic mass is 10.0. The molecule has 5 rings (SSSR count). The number of rotatable bonds is 4. The van der Waals surface area contributed by atoms with Gasteiger partial charge in [0.25, 0.3) is 5.56 Å². The molecule has 162 valence electrons. The minimum Gasteiger partial charge on any atom is -0.314 e. The lowest BCUT2D eigenvalue weighted by molar-refractivity contribution is 0.541. The van der Waals surface area contributed by atoms with Gasteiger partial charge in [0.15, 0.2) is 10.6 Å². The molecule has 0 aliphatic carbocycles. The minimum absolute atomic E-state index is 0.0487. The molecule has 0 amide bonds. The van der Waals surface area contributed by atoms with Gasteiger partial charge in [0.1, 0.15) is 23.5 Å². The van der Waals surface area contributed by atoms with Crippen LogP contribution in [-0.2, 0) is 0 Å². The van der Waals surface area contributed by atoms with Gasteiger partial charge in [-0.1, -0.05) is 0 Å². The number of nitrogens with zero attached hydrogens (tertiary/aromatic N) is 6. The van der Waals surface area contributed by atoms with Gasteiger partial charge in [-0.3, -0.25) is 9.20 Å².